The van der Waals surface area contributed by atoms with E-state index in [4.69, 9.17) is 5.11 Å². The zero-order valence-corrected chi connectivity index (χ0v) is 9.00. The molecule has 0 spiro atoms. The largest absolute Gasteiger partial charge is 0.475 e. The third kappa shape index (κ3) is 1.39. The molecule has 0 unspecified atom stereocenters. The van der Waals surface area contributed by atoms with E-state index in [2.05, 4.69) is 4.98 Å². The number of benzene rings is 1. The maximum atomic E-state index is 11.5. The molecule has 1 aromatic carbocycles. The van der Waals surface area contributed by atoms with Gasteiger partial charge < -0.3 is 10.1 Å². The highest BCUT2D eigenvalue weighted by molar-refractivity contribution is 6.42. The lowest BCUT2D eigenvalue weighted by molar-refractivity contribution is -0.131. The standard InChI is InChI=1S/C12H11NO3/c1-6-3-4-7(2)10-9(6)8(5-13-10)11(14)12(15)16/h3-5,13H,1-2H3,(H,15,16). The molecule has 0 atom stereocenters. The van der Waals surface area contributed by atoms with Gasteiger partial charge in [-0.05, 0) is 25.0 Å². The number of hydrogen-bond acceptors (Lipinski definition) is 2. The van der Waals surface area contributed by atoms with Gasteiger partial charge in [-0.1, -0.05) is 12.1 Å². The molecule has 0 saturated heterocycles. The van der Waals surface area contributed by atoms with Crippen molar-refractivity contribution in [3.8, 4) is 0 Å². The van der Waals surface area contributed by atoms with Crippen molar-refractivity contribution in [2.24, 2.45) is 0 Å². The molecule has 82 valence electrons. The minimum Gasteiger partial charge on any atom is -0.475 e. The Morgan fingerprint density at radius 1 is 1.19 bits per heavy atom. The Kier molecular flexibility index (Phi) is 2.27. The Hall–Kier alpha value is -2.10. The molecule has 0 aliphatic heterocycles. The zero-order chi connectivity index (χ0) is 11.9. The Balaban J connectivity index is 2.78. The lowest BCUT2D eigenvalue weighted by Crippen LogP contribution is -2.12. The summed E-state index contributed by atoms with van der Waals surface area (Å²) in [6.45, 7) is 3.77. The van der Waals surface area contributed by atoms with Crippen LogP contribution in [0.25, 0.3) is 10.9 Å². The van der Waals surface area contributed by atoms with Crippen LogP contribution in [-0.4, -0.2) is 21.8 Å². The van der Waals surface area contributed by atoms with E-state index in [1.807, 2.05) is 26.0 Å². The molecule has 4 heteroatoms. The highest BCUT2D eigenvalue weighted by Crippen LogP contribution is 2.25. The molecule has 4 nitrogen and oxygen atoms in total. The fourth-order valence-electron chi connectivity index (χ4n) is 1.85. The number of ketones is 1. The first-order chi connectivity index (χ1) is 7.52. The predicted octanol–water partition coefficient (Wildman–Crippen LogP) is 2.05. The van der Waals surface area contributed by atoms with Gasteiger partial charge in [0.25, 0.3) is 5.78 Å². The molecule has 0 amide bonds. The molecular formula is C12H11NO3. The van der Waals surface area contributed by atoms with Gasteiger partial charge in [-0.2, -0.15) is 0 Å². The van der Waals surface area contributed by atoms with Crippen LogP contribution < -0.4 is 0 Å². The van der Waals surface area contributed by atoms with Crippen molar-refractivity contribution in [2.75, 3.05) is 0 Å². The summed E-state index contributed by atoms with van der Waals surface area (Å²) < 4.78 is 0. The summed E-state index contributed by atoms with van der Waals surface area (Å²) in [5, 5.41) is 9.41. The van der Waals surface area contributed by atoms with Crippen LogP contribution in [0.3, 0.4) is 0 Å². The van der Waals surface area contributed by atoms with E-state index in [0.29, 0.717) is 5.39 Å². The van der Waals surface area contributed by atoms with E-state index >= 15 is 0 Å². The number of Topliss-reactive ketones (excluding diaryl/α,β-unsaturated/α-hetero) is 1. The predicted molar refractivity (Wildman–Crippen MR) is 59.7 cm³/mol. The highest BCUT2D eigenvalue weighted by Gasteiger charge is 2.20. The molecule has 0 saturated carbocycles. The van der Waals surface area contributed by atoms with Gasteiger partial charge in [0, 0.05) is 17.1 Å². The van der Waals surface area contributed by atoms with Crippen LogP contribution in [0.4, 0.5) is 0 Å². The van der Waals surface area contributed by atoms with Gasteiger partial charge in [-0.15, -0.1) is 0 Å². The molecule has 2 aromatic rings. The number of fused-ring (bicyclic) bond motifs is 1. The normalized spacial score (nSPS) is 10.6. The SMILES string of the molecule is Cc1ccc(C)c2c(C(=O)C(=O)O)c[nH]c12. The van der Waals surface area contributed by atoms with E-state index in [1.165, 1.54) is 6.20 Å². The smallest absolute Gasteiger partial charge is 0.377 e. The third-order valence-corrected chi connectivity index (χ3v) is 2.69. The van der Waals surface area contributed by atoms with Crippen LogP contribution in [0.5, 0.6) is 0 Å². The topological polar surface area (TPSA) is 70.2 Å². The number of carboxylic acid groups (broad SMARTS) is 1. The number of aromatic amines is 1. The molecule has 16 heavy (non-hydrogen) atoms. The van der Waals surface area contributed by atoms with Crippen LogP contribution >= 0.6 is 0 Å². The van der Waals surface area contributed by atoms with Crippen LogP contribution in [0, 0.1) is 13.8 Å². The number of hydrogen-bond donors (Lipinski definition) is 2. The Labute approximate surface area is 91.9 Å². The number of nitrogens with one attached hydrogen (secondary N) is 1. The van der Waals surface area contributed by atoms with Crippen LogP contribution in [0.15, 0.2) is 18.3 Å². The average Bonchev–Trinajstić information content (AvgIpc) is 2.67. The highest BCUT2D eigenvalue weighted by atomic mass is 16.4. The van der Waals surface area contributed by atoms with Gasteiger partial charge in [-0.25, -0.2) is 4.79 Å². The first-order valence-corrected chi connectivity index (χ1v) is 4.87. The minimum absolute atomic E-state index is 0.226. The summed E-state index contributed by atoms with van der Waals surface area (Å²) in [6.07, 6.45) is 1.46. The number of aryl methyl sites for hydroxylation is 2. The number of aromatic nitrogens is 1. The van der Waals surface area contributed by atoms with Crippen molar-refractivity contribution in [2.45, 2.75) is 13.8 Å². The first kappa shape index (κ1) is 10.4. The molecule has 2 N–H and O–H groups in total. The molecule has 0 bridgehead atoms. The van der Waals surface area contributed by atoms with Crippen LogP contribution in [-0.2, 0) is 4.79 Å². The fraction of sp³-hybridized carbons (Fsp3) is 0.167. The van der Waals surface area contributed by atoms with Gasteiger partial charge in [-0.3, -0.25) is 4.79 Å². The minimum atomic E-state index is -1.43. The Bertz CT molecular complexity index is 596. The van der Waals surface area contributed by atoms with E-state index in [9.17, 15) is 9.59 Å². The van der Waals surface area contributed by atoms with Crippen LogP contribution in [0.2, 0.25) is 0 Å². The molecule has 2 rings (SSSR count). The second kappa shape index (κ2) is 3.48. The van der Waals surface area contributed by atoms with Gasteiger partial charge >= 0.3 is 5.97 Å². The van der Waals surface area contributed by atoms with Crippen LogP contribution in [0.1, 0.15) is 21.5 Å². The molecule has 0 aliphatic rings. The number of carbonyl (C=O) groups excluding carboxylic acids is 1. The number of H-pyrrole nitrogens is 1. The summed E-state index contributed by atoms with van der Waals surface area (Å²) in [7, 11) is 0. The molecule has 1 heterocycles. The molecular weight excluding hydrogens is 206 g/mol. The van der Waals surface area contributed by atoms with E-state index in [0.717, 1.165) is 16.6 Å². The lowest BCUT2D eigenvalue weighted by Gasteiger charge is -2.01. The number of aliphatic carboxylic acids is 1. The van der Waals surface area contributed by atoms with Crippen molar-refractivity contribution in [1.82, 2.24) is 4.98 Å². The summed E-state index contributed by atoms with van der Waals surface area (Å²) in [6, 6.07) is 3.81. The molecule has 0 fully saturated rings. The van der Waals surface area contributed by atoms with Gasteiger partial charge in [0.05, 0.1) is 5.56 Å². The molecule has 1 aromatic heterocycles. The fourth-order valence-corrected chi connectivity index (χ4v) is 1.85. The summed E-state index contributed by atoms with van der Waals surface area (Å²) >= 11 is 0. The number of carbonyl (C=O) groups is 2. The number of rotatable bonds is 2. The van der Waals surface area contributed by atoms with Gasteiger partial charge in [0.2, 0.25) is 0 Å². The first-order valence-electron chi connectivity index (χ1n) is 4.87. The summed E-state index contributed by atoms with van der Waals surface area (Å²) in [5.41, 5.74) is 2.93. The second-order valence-electron chi connectivity index (χ2n) is 3.79. The Morgan fingerprint density at radius 3 is 2.44 bits per heavy atom. The Morgan fingerprint density at radius 2 is 1.81 bits per heavy atom. The zero-order valence-electron chi connectivity index (χ0n) is 9.00. The van der Waals surface area contributed by atoms with Crippen molar-refractivity contribution in [1.29, 1.82) is 0 Å². The lowest BCUT2D eigenvalue weighted by atomic mass is 10.0. The third-order valence-electron chi connectivity index (χ3n) is 2.69. The van der Waals surface area contributed by atoms with Crippen molar-refractivity contribution in [3.05, 3.63) is 35.0 Å². The number of carboxylic acids is 1. The van der Waals surface area contributed by atoms with E-state index in [-0.39, 0.29) is 5.56 Å². The van der Waals surface area contributed by atoms with E-state index < -0.39 is 11.8 Å². The molecule has 0 aliphatic carbocycles. The van der Waals surface area contributed by atoms with Gasteiger partial charge in [0.1, 0.15) is 0 Å². The average molecular weight is 217 g/mol. The monoisotopic (exact) mass is 217 g/mol. The second-order valence-corrected chi connectivity index (χ2v) is 3.79. The summed E-state index contributed by atoms with van der Waals surface area (Å²) in [4.78, 5) is 25.1. The van der Waals surface area contributed by atoms with Crippen molar-refractivity contribution in [3.63, 3.8) is 0 Å². The van der Waals surface area contributed by atoms with Crippen molar-refractivity contribution < 1.29 is 14.7 Å². The summed E-state index contributed by atoms with van der Waals surface area (Å²) in [5.74, 6) is -2.30. The maximum absolute atomic E-state index is 11.5. The van der Waals surface area contributed by atoms with Crippen molar-refractivity contribution >= 4 is 22.7 Å². The van der Waals surface area contributed by atoms with E-state index in [1.54, 1.807) is 0 Å². The quantitative estimate of drug-likeness (QED) is 0.597. The maximum Gasteiger partial charge on any atom is 0.377 e. The van der Waals surface area contributed by atoms with Gasteiger partial charge in [0.15, 0.2) is 0 Å². The molecule has 0 radical (unpaired) electrons.